The minimum Gasteiger partial charge on any atom is -0.207 e. The predicted molar refractivity (Wildman–Crippen MR) is 65.9 cm³/mol. The minimum atomic E-state index is -3.69. The van der Waals surface area contributed by atoms with Crippen LogP contribution in [-0.2, 0) is 9.05 Å². The van der Waals surface area contributed by atoms with Crippen molar-refractivity contribution in [1.82, 2.24) is 0 Å². The summed E-state index contributed by atoms with van der Waals surface area (Å²) in [5.74, 6) is 0. The Morgan fingerprint density at radius 1 is 0.938 bits per heavy atom. The van der Waals surface area contributed by atoms with Crippen LogP contribution in [0.2, 0.25) is 0 Å². The molecular formula is C12H7ClO2S. The van der Waals surface area contributed by atoms with Crippen molar-refractivity contribution in [1.29, 1.82) is 0 Å². The normalized spacial score (nSPS) is 13.6. The molecule has 2 aromatic rings. The Bertz CT molecular complexity index is 718. The number of halogens is 1. The zero-order valence-corrected chi connectivity index (χ0v) is 9.72. The van der Waals surface area contributed by atoms with Crippen LogP contribution in [0.25, 0.3) is 22.9 Å². The molecule has 0 spiro atoms. The van der Waals surface area contributed by atoms with Gasteiger partial charge in [0.2, 0.25) is 0 Å². The van der Waals surface area contributed by atoms with Gasteiger partial charge in [0.25, 0.3) is 9.05 Å². The van der Waals surface area contributed by atoms with Crippen LogP contribution >= 0.6 is 10.7 Å². The zero-order chi connectivity index (χ0) is 11.3. The first kappa shape index (κ1) is 9.87. The van der Waals surface area contributed by atoms with E-state index in [1.54, 1.807) is 18.2 Å². The number of rotatable bonds is 1. The molecule has 0 radical (unpaired) electrons. The second kappa shape index (κ2) is 3.09. The van der Waals surface area contributed by atoms with Crippen LogP contribution in [0.3, 0.4) is 0 Å². The summed E-state index contributed by atoms with van der Waals surface area (Å²) >= 11 is 0. The van der Waals surface area contributed by atoms with E-state index in [1.165, 1.54) is 0 Å². The molecule has 0 aromatic heterocycles. The van der Waals surface area contributed by atoms with Gasteiger partial charge in [-0.15, -0.1) is 0 Å². The molecular weight excluding hydrogens is 244 g/mol. The molecule has 16 heavy (non-hydrogen) atoms. The van der Waals surface area contributed by atoms with Crippen molar-refractivity contribution >= 4 is 42.7 Å². The van der Waals surface area contributed by atoms with Crippen LogP contribution in [0.4, 0.5) is 0 Å². The van der Waals surface area contributed by atoms with Gasteiger partial charge in [-0.2, -0.15) is 0 Å². The van der Waals surface area contributed by atoms with E-state index in [9.17, 15) is 8.42 Å². The standard InChI is InChI=1S/C12H7ClO2S/c13-16(14,15)11-7-6-9-5-4-8-2-1-3-10(11)12(8)9/h1-7H. The summed E-state index contributed by atoms with van der Waals surface area (Å²) in [4.78, 5) is 0.179. The van der Waals surface area contributed by atoms with Crippen molar-refractivity contribution in [3.05, 3.63) is 41.5 Å². The maximum Gasteiger partial charge on any atom is 0.261 e. The number of benzene rings is 2. The zero-order valence-electron chi connectivity index (χ0n) is 8.14. The molecule has 0 aliphatic heterocycles. The highest BCUT2D eigenvalue weighted by Gasteiger charge is 2.18. The van der Waals surface area contributed by atoms with Crippen molar-refractivity contribution in [2.24, 2.45) is 0 Å². The molecule has 0 amide bonds. The molecule has 80 valence electrons. The molecule has 0 atom stereocenters. The highest BCUT2D eigenvalue weighted by molar-refractivity contribution is 8.14. The van der Waals surface area contributed by atoms with Gasteiger partial charge in [0.05, 0.1) is 4.90 Å². The average Bonchev–Trinajstić information content (AvgIpc) is 2.63. The summed E-state index contributed by atoms with van der Waals surface area (Å²) < 4.78 is 22.9. The third-order valence-electron chi connectivity index (χ3n) is 2.77. The molecule has 1 aliphatic rings. The molecule has 2 aromatic carbocycles. The molecule has 1 aliphatic carbocycles. The monoisotopic (exact) mass is 250 g/mol. The largest absolute Gasteiger partial charge is 0.261 e. The van der Waals surface area contributed by atoms with Crippen LogP contribution in [0.15, 0.2) is 35.2 Å². The smallest absolute Gasteiger partial charge is 0.207 e. The maximum absolute atomic E-state index is 11.4. The first-order valence-corrected chi connectivity index (χ1v) is 7.07. The topological polar surface area (TPSA) is 34.1 Å². The number of hydrogen-bond acceptors (Lipinski definition) is 2. The van der Waals surface area contributed by atoms with Gasteiger partial charge in [-0.25, -0.2) is 8.42 Å². The van der Waals surface area contributed by atoms with E-state index in [1.807, 2.05) is 24.3 Å². The van der Waals surface area contributed by atoms with Gasteiger partial charge < -0.3 is 0 Å². The Labute approximate surface area is 97.6 Å². The van der Waals surface area contributed by atoms with Crippen LogP contribution in [0.1, 0.15) is 11.1 Å². The SMILES string of the molecule is O=S(=O)(Cl)c1ccc2c3c(cccc13)C=C2. The highest BCUT2D eigenvalue weighted by Crippen LogP contribution is 2.35. The lowest BCUT2D eigenvalue weighted by Crippen LogP contribution is -1.93. The van der Waals surface area contributed by atoms with E-state index < -0.39 is 9.05 Å². The van der Waals surface area contributed by atoms with E-state index in [0.29, 0.717) is 5.39 Å². The third kappa shape index (κ3) is 1.29. The summed E-state index contributed by atoms with van der Waals surface area (Å²) in [5, 5.41) is 1.65. The minimum absolute atomic E-state index is 0.179. The lowest BCUT2D eigenvalue weighted by molar-refractivity contribution is 0.610. The fraction of sp³-hybridized carbons (Fsp3) is 0. The van der Waals surface area contributed by atoms with Crippen molar-refractivity contribution < 1.29 is 8.42 Å². The van der Waals surface area contributed by atoms with Crippen molar-refractivity contribution in [2.45, 2.75) is 4.90 Å². The lowest BCUT2D eigenvalue weighted by Gasteiger charge is -2.05. The highest BCUT2D eigenvalue weighted by atomic mass is 35.7. The Hall–Kier alpha value is -1.32. The fourth-order valence-corrected chi connectivity index (χ4v) is 3.17. The first-order chi connectivity index (χ1) is 7.57. The summed E-state index contributed by atoms with van der Waals surface area (Å²) in [7, 11) is 1.72. The van der Waals surface area contributed by atoms with E-state index in [0.717, 1.165) is 16.5 Å². The van der Waals surface area contributed by atoms with Crippen LogP contribution in [0, 0.1) is 0 Å². The fourth-order valence-electron chi connectivity index (χ4n) is 2.11. The molecule has 0 fully saturated rings. The second-order valence-corrected chi connectivity index (χ2v) is 6.23. The molecule has 0 bridgehead atoms. The molecule has 2 nitrogen and oxygen atoms in total. The summed E-state index contributed by atoms with van der Waals surface area (Å²) in [6.45, 7) is 0. The molecule has 0 saturated carbocycles. The summed E-state index contributed by atoms with van der Waals surface area (Å²) in [6, 6.07) is 8.91. The van der Waals surface area contributed by atoms with Gasteiger partial charge in [-0.3, -0.25) is 0 Å². The molecule has 0 unspecified atom stereocenters. The third-order valence-corrected chi connectivity index (χ3v) is 4.15. The van der Waals surface area contributed by atoms with Gasteiger partial charge in [0.1, 0.15) is 0 Å². The Balaban J connectivity index is 2.55. The molecule has 0 N–H and O–H groups in total. The first-order valence-electron chi connectivity index (χ1n) is 4.76. The molecule has 4 heteroatoms. The Morgan fingerprint density at radius 2 is 1.62 bits per heavy atom. The molecule has 0 saturated heterocycles. The quantitative estimate of drug-likeness (QED) is 0.622. The lowest BCUT2D eigenvalue weighted by atomic mass is 10.0. The Kier molecular flexibility index (Phi) is 1.91. The number of hydrogen-bond donors (Lipinski definition) is 0. The van der Waals surface area contributed by atoms with Crippen LogP contribution in [-0.4, -0.2) is 8.42 Å². The molecule has 0 heterocycles. The summed E-state index contributed by atoms with van der Waals surface area (Å²) in [5.41, 5.74) is 2.07. The van der Waals surface area contributed by atoms with Crippen molar-refractivity contribution in [3.63, 3.8) is 0 Å². The average molecular weight is 251 g/mol. The van der Waals surface area contributed by atoms with Crippen molar-refractivity contribution in [2.75, 3.05) is 0 Å². The van der Waals surface area contributed by atoms with Gasteiger partial charge in [-0.1, -0.05) is 36.4 Å². The van der Waals surface area contributed by atoms with Crippen molar-refractivity contribution in [3.8, 4) is 0 Å². The molecule has 3 rings (SSSR count). The Morgan fingerprint density at radius 3 is 2.31 bits per heavy atom. The van der Waals surface area contributed by atoms with E-state index in [4.69, 9.17) is 10.7 Å². The second-order valence-electron chi connectivity index (χ2n) is 3.69. The van der Waals surface area contributed by atoms with E-state index in [-0.39, 0.29) is 4.90 Å². The van der Waals surface area contributed by atoms with Gasteiger partial charge in [-0.05, 0) is 22.6 Å². The van der Waals surface area contributed by atoms with Crippen LogP contribution < -0.4 is 0 Å². The van der Waals surface area contributed by atoms with E-state index in [2.05, 4.69) is 0 Å². The summed E-state index contributed by atoms with van der Waals surface area (Å²) in [6.07, 6.45) is 3.95. The van der Waals surface area contributed by atoms with Gasteiger partial charge >= 0.3 is 0 Å². The van der Waals surface area contributed by atoms with Crippen LogP contribution in [0.5, 0.6) is 0 Å². The van der Waals surface area contributed by atoms with Gasteiger partial charge in [0, 0.05) is 16.1 Å². The predicted octanol–water partition coefficient (Wildman–Crippen LogP) is 3.25. The maximum atomic E-state index is 11.4. The van der Waals surface area contributed by atoms with Gasteiger partial charge in [0.15, 0.2) is 0 Å². The van der Waals surface area contributed by atoms with E-state index >= 15 is 0 Å².